The summed E-state index contributed by atoms with van der Waals surface area (Å²) >= 11 is 1.30. The highest BCUT2D eigenvalue weighted by atomic mass is 32.1. The molecule has 2 aromatic rings. The van der Waals surface area contributed by atoms with E-state index in [0.717, 1.165) is 0 Å². The van der Waals surface area contributed by atoms with Crippen LogP contribution in [0.25, 0.3) is 10.6 Å². The van der Waals surface area contributed by atoms with Crippen LogP contribution in [0.15, 0.2) is 29.6 Å². The van der Waals surface area contributed by atoms with E-state index >= 15 is 0 Å². The van der Waals surface area contributed by atoms with Gasteiger partial charge in [-0.05, 0) is 12.1 Å². The van der Waals surface area contributed by atoms with Gasteiger partial charge in [0.25, 0.3) is 0 Å². The van der Waals surface area contributed by atoms with Crippen LogP contribution in [0, 0.1) is 5.82 Å². The van der Waals surface area contributed by atoms with E-state index in [0.29, 0.717) is 22.9 Å². The zero-order valence-electron chi connectivity index (χ0n) is 12.6. The summed E-state index contributed by atoms with van der Waals surface area (Å²) in [5.74, 6) is -1.89. The summed E-state index contributed by atoms with van der Waals surface area (Å²) in [6.07, 6.45) is 0.195. The number of amides is 1. The number of carbonyl (C=O) groups is 2. The van der Waals surface area contributed by atoms with Gasteiger partial charge in [0, 0.05) is 24.0 Å². The maximum absolute atomic E-state index is 13.3. The minimum atomic E-state index is -1.36. The third-order valence-corrected chi connectivity index (χ3v) is 4.71. The molecule has 0 spiro atoms. The van der Waals surface area contributed by atoms with Crippen molar-refractivity contribution in [1.29, 1.82) is 0 Å². The number of rotatable bonds is 5. The Morgan fingerprint density at radius 3 is 2.96 bits per heavy atom. The molecule has 1 unspecified atom stereocenters. The van der Waals surface area contributed by atoms with E-state index in [-0.39, 0.29) is 25.3 Å². The van der Waals surface area contributed by atoms with E-state index in [1.54, 1.807) is 17.5 Å². The minimum absolute atomic E-state index is 0.0408. The molecule has 0 bridgehead atoms. The molecule has 1 saturated heterocycles. The van der Waals surface area contributed by atoms with Gasteiger partial charge in [0.15, 0.2) is 5.54 Å². The van der Waals surface area contributed by atoms with Crippen molar-refractivity contribution in [2.24, 2.45) is 0 Å². The minimum Gasteiger partial charge on any atom is -0.479 e. The molecule has 8 heteroatoms. The van der Waals surface area contributed by atoms with E-state index in [1.165, 1.54) is 23.5 Å². The summed E-state index contributed by atoms with van der Waals surface area (Å²) in [5, 5.41) is 14.2. The standard InChI is InChI=1S/C16H15FN2O4S/c17-11-3-1-2-10(6-11)14-18-12(8-24-14)7-13(20)19-16(15(21)22)4-5-23-9-16/h1-3,6,8H,4-5,7,9H2,(H,19,20)(H,21,22). The maximum Gasteiger partial charge on any atom is 0.331 e. The van der Waals surface area contributed by atoms with Gasteiger partial charge < -0.3 is 15.2 Å². The number of halogens is 1. The van der Waals surface area contributed by atoms with Gasteiger partial charge in [0.2, 0.25) is 5.91 Å². The molecule has 1 aromatic heterocycles. The number of nitrogens with zero attached hydrogens (tertiary/aromatic N) is 1. The second-order valence-corrected chi connectivity index (χ2v) is 6.43. The van der Waals surface area contributed by atoms with Gasteiger partial charge in [-0.25, -0.2) is 14.2 Å². The Hall–Kier alpha value is -2.32. The summed E-state index contributed by atoms with van der Waals surface area (Å²) < 4.78 is 18.4. The van der Waals surface area contributed by atoms with Crippen LogP contribution in [0.3, 0.4) is 0 Å². The van der Waals surface area contributed by atoms with E-state index in [1.807, 2.05) is 0 Å². The molecule has 0 aliphatic carbocycles. The van der Waals surface area contributed by atoms with Gasteiger partial charge in [-0.2, -0.15) is 0 Å². The van der Waals surface area contributed by atoms with Crippen LogP contribution in [0.4, 0.5) is 4.39 Å². The second-order valence-electron chi connectivity index (χ2n) is 5.57. The summed E-state index contributed by atoms with van der Waals surface area (Å²) in [6, 6.07) is 6.05. The lowest BCUT2D eigenvalue weighted by Gasteiger charge is -2.23. The molecule has 0 saturated carbocycles. The number of benzene rings is 1. The molecule has 1 aliphatic rings. The molecule has 2 N–H and O–H groups in total. The molecule has 24 heavy (non-hydrogen) atoms. The zero-order valence-corrected chi connectivity index (χ0v) is 13.4. The predicted molar refractivity (Wildman–Crippen MR) is 85.2 cm³/mol. The fourth-order valence-electron chi connectivity index (χ4n) is 2.50. The quantitative estimate of drug-likeness (QED) is 0.859. The molecule has 6 nitrogen and oxygen atoms in total. The molecule has 126 valence electrons. The van der Waals surface area contributed by atoms with Crippen molar-refractivity contribution < 1.29 is 23.8 Å². The lowest BCUT2D eigenvalue weighted by Crippen LogP contribution is -2.55. The number of nitrogens with one attached hydrogen (secondary N) is 1. The Bertz CT molecular complexity index is 771. The molecule has 1 aromatic carbocycles. The van der Waals surface area contributed by atoms with Crippen molar-refractivity contribution in [2.45, 2.75) is 18.4 Å². The number of hydrogen-bond acceptors (Lipinski definition) is 5. The van der Waals surface area contributed by atoms with Gasteiger partial charge >= 0.3 is 5.97 Å². The van der Waals surface area contributed by atoms with Crippen molar-refractivity contribution in [2.75, 3.05) is 13.2 Å². The molecule has 2 heterocycles. The largest absolute Gasteiger partial charge is 0.479 e. The Morgan fingerprint density at radius 2 is 2.29 bits per heavy atom. The normalized spacial score (nSPS) is 20.0. The number of carboxylic acids is 1. The van der Waals surface area contributed by atoms with Gasteiger partial charge in [-0.15, -0.1) is 11.3 Å². The van der Waals surface area contributed by atoms with Crippen molar-refractivity contribution in [3.8, 4) is 10.6 Å². The van der Waals surface area contributed by atoms with Crippen LogP contribution >= 0.6 is 11.3 Å². The van der Waals surface area contributed by atoms with Crippen LogP contribution in [0.5, 0.6) is 0 Å². The fourth-order valence-corrected chi connectivity index (χ4v) is 3.32. The number of aliphatic carboxylic acids is 1. The molecule has 0 radical (unpaired) electrons. The van der Waals surface area contributed by atoms with Gasteiger partial charge in [-0.1, -0.05) is 12.1 Å². The molecule has 1 fully saturated rings. The molecule has 3 rings (SSSR count). The van der Waals surface area contributed by atoms with Gasteiger partial charge in [0.05, 0.1) is 18.7 Å². The molecule has 1 atom stereocenters. The van der Waals surface area contributed by atoms with Crippen molar-refractivity contribution in [3.63, 3.8) is 0 Å². The van der Waals surface area contributed by atoms with E-state index in [9.17, 15) is 19.1 Å². The lowest BCUT2D eigenvalue weighted by atomic mass is 9.99. The summed E-state index contributed by atoms with van der Waals surface area (Å²) in [4.78, 5) is 27.9. The maximum atomic E-state index is 13.3. The average Bonchev–Trinajstić information content (AvgIpc) is 3.17. The number of carbonyl (C=O) groups excluding carboxylic acids is 1. The first-order valence-corrected chi connectivity index (χ1v) is 8.19. The Balaban J connectivity index is 1.68. The van der Waals surface area contributed by atoms with E-state index < -0.39 is 17.4 Å². The summed E-state index contributed by atoms with van der Waals surface area (Å²) in [6.45, 7) is 0.257. The predicted octanol–water partition coefficient (Wildman–Crippen LogP) is 1.85. The fraction of sp³-hybridized carbons (Fsp3) is 0.312. The van der Waals surface area contributed by atoms with Crippen molar-refractivity contribution in [3.05, 3.63) is 41.2 Å². The third kappa shape index (κ3) is 3.44. The van der Waals surface area contributed by atoms with E-state index in [2.05, 4.69) is 10.3 Å². The SMILES string of the molecule is O=C(Cc1csc(-c2cccc(F)c2)n1)NC1(C(=O)O)CCOC1. The number of aromatic nitrogens is 1. The van der Waals surface area contributed by atoms with Crippen LogP contribution in [-0.2, 0) is 20.7 Å². The molecular formula is C16H15FN2O4S. The average molecular weight is 350 g/mol. The molecular weight excluding hydrogens is 335 g/mol. The van der Waals surface area contributed by atoms with Crippen molar-refractivity contribution >= 4 is 23.2 Å². The Morgan fingerprint density at radius 1 is 1.46 bits per heavy atom. The summed E-state index contributed by atoms with van der Waals surface area (Å²) in [5.41, 5.74) is -0.215. The van der Waals surface area contributed by atoms with Crippen LogP contribution in [-0.4, -0.2) is 40.7 Å². The summed E-state index contributed by atoms with van der Waals surface area (Å²) in [7, 11) is 0. The van der Waals surface area contributed by atoms with E-state index in [4.69, 9.17) is 4.74 Å². The highest BCUT2D eigenvalue weighted by Crippen LogP contribution is 2.25. The first-order chi connectivity index (χ1) is 11.5. The van der Waals surface area contributed by atoms with Crippen LogP contribution < -0.4 is 5.32 Å². The second kappa shape index (κ2) is 6.66. The van der Waals surface area contributed by atoms with Crippen molar-refractivity contribution in [1.82, 2.24) is 10.3 Å². The first kappa shape index (κ1) is 16.5. The Labute approximate surface area is 141 Å². The zero-order chi connectivity index (χ0) is 17.2. The van der Waals surface area contributed by atoms with Gasteiger partial charge in [-0.3, -0.25) is 4.79 Å². The molecule has 1 amide bonds. The number of ether oxygens (including phenoxy) is 1. The van der Waals surface area contributed by atoms with Gasteiger partial charge in [0.1, 0.15) is 10.8 Å². The Kier molecular flexibility index (Phi) is 4.59. The third-order valence-electron chi connectivity index (χ3n) is 3.77. The topological polar surface area (TPSA) is 88.5 Å². The highest BCUT2D eigenvalue weighted by molar-refractivity contribution is 7.13. The number of carboxylic acid groups (broad SMARTS) is 1. The molecule has 1 aliphatic heterocycles. The number of thiazole rings is 1. The first-order valence-electron chi connectivity index (χ1n) is 7.31. The monoisotopic (exact) mass is 350 g/mol. The lowest BCUT2D eigenvalue weighted by molar-refractivity contribution is -0.147. The van der Waals surface area contributed by atoms with Crippen LogP contribution in [0.2, 0.25) is 0 Å². The number of hydrogen-bond donors (Lipinski definition) is 2. The highest BCUT2D eigenvalue weighted by Gasteiger charge is 2.43. The smallest absolute Gasteiger partial charge is 0.331 e. The van der Waals surface area contributed by atoms with Crippen LogP contribution in [0.1, 0.15) is 12.1 Å².